The van der Waals surface area contributed by atoms with Crippen molar-refractivity contribution in [1.82, 2.24) is 0 Å². The van der Waals surface area contributed by atoms with Crippen molar-refractivity contribution in [3.63, 3.8) is 0 Å². The molecule has 0 aliphatic carbocycles. The number of fused-ring (bicyclic) bond motifs is 1. The standard InChI is InChI=1S/C20H16FNO4/c1-20(2,3)26-19(24)13-5-4-12(8-16(13)23)14-6-11(10-22)7-17-15(14)9-18(21)25-17/h4-9,23H,1-3H3. The van der Waals surface area contributed by atoms with Crippen LogP contribution in [-0.2, 0) is 4.74 Å². The Morgan fingerprint density at radius 3 is 2.58 bits per heavy atom. The first-order valence-electron chi connectivity index (χ1n) is 7.88. The topological polar surface area (TPSA) is 83.5 Å². The number of hydrogen-bond donors (Lipinski definition) is 1. The molecular weight excluding hydrogens is 337 g/mol. The Morgan fingerprint density at radius 2 is 1.96 bits per heavy atom. The van der Waals surface area contributed by atoms with E-state index >= 15 is 0 Å². The number of carbonyl (C=O) groups excluding carboxylic acids is 1. The van der Waals surface area contributed by atoms with E-state index in [0.717, 1.165) is 0 Å². The minimum Gasteiger partial charge on any atom is -0.507 e. The molecule has 1 heterocycles. The number of esters is 1. The third-order valence-electron chi connectivity index (χ3n) is 3.66. The molecule has 1 aromatic heterocycles. The number of rotatable bonds is 2. The lowest BCUT2D eigenvalue weighted by Gasteiger charge is -2.20. The fraction of sp³-hybridized carbons (Fsp3) is 0.200. The van der Waals surface area contributed by atoms with E-state index in [0.29, 0.717) is 16.5 Å². The fourth-order valence-electron chi connectivity index (χ4n) is 2.62. The molecule has 0 saturated heterocycles. The lowest BCUT2D eigenvalue weighted by Crippen LogP contribution is -2.23. The number of nitrogens with zero attached hydrogens (tertiary/aromatic N) is 1. The van der Waals surface area contributed by atoms with Crippen molar-refractivity contribution in [2.45, 2.75) is 26.4 Å². The molecule has 0 radical (unpaired) electrons. The van der Waals surface area contributed by atoms with Gasteiger partial charge in [-0.2, -0.15) is 9.65 Å². The lowest BCUT2D eigenvalue weighted by atomic mass is 9.98. The quantitative estimate of drug-likeness (QED) is 0.671. The summed E-state index contributed by atoms with van der Waals surface area (Å²) < 4.78 is 23.7. The number of phenolic OH excluding ortho intramolecular Hbond substituents is 1. The van der Waals surface area contributed by atoms with Crippen LogP contribution in [0.5, 0.6) is 5.75 Å². The Kier molecular flexibility index (Phi) is 4.17. The van der Waals surface area contributed by atoms with Crippen LogP contribution < -0.4 is 0 Å². The number of carbonyl (C=O) groups is 1. The van der Waals surface area contributed by atoms with Gasteiger partial charge in [-0.05, 0) is 56.2 Å². The van der Waals surface area contributed by atoms with Crippen molar-refractivity contribution < 1.29 is 23.4 Å². The Hall–Kier alpha value is -3.33. The molecule has 6 heteroatoms. The second kappa shape index (κ2) is 6.19. The van der Waals surface area contributed by atoms with E-state index in [2.05, 4.69) is 0 Å². The highest BCUT2D eigenvalue weighted by Gasteiger charge is 2.21. The first kappa shape index (κ1) is 17.5. The molecule has 0 bridgehead atoms. The zero-order valence-electron chi connectivity index (χ0n) is 14.5. The van der Waals surface area contributed by atoms with Crippen LogP contribution in [0.3, 0.4) is 0 Å². The summed E-state index contributed by atoms with van der Waals surface area (Å²) in [6, 6.07) is 9.84. The van der Waals surface area contributed by atoms with Gasteiger partial charge in [0.2, 0.25) is 0 Å². The normalized spacial score (nSPS) is 11.3. The lowest BCUT2D eigenvalue weighted by molar-refractivity contribution is 0.00668. The molecule has 0 atom stereocenters. The number of benzene rings is 2. The molecule has 0 amide bonds. The molecule has 132 valence electrons. The van der Waals surface area contributed by atoms with Gasteiger partial charge in [-0.15, -0.1) is 0 Å². The van der Waals surface area contributed by atoms with Crippen LogP contribution in [0.15, 0.2) is 40.8 Å². The smallest absolute Gasteiger partial charge is 0.342 e. The second-order valence-corrected chi connectivity index (χ2v) is 6.83. The van der Waals surface area contributed by atoms with Gasteiger partial charge in [-0.1, -0.05) is 6.07 Å². The van der Waals surface area contributed by atoms with Gasteiger partial charge >= 0.3 is 5.97 Å². The number of phenols is 1. The number of nitriles is 1. The molecule has 2 aromatic carbocycles. The summed E-state index contributed by atoms with van der Waals surface area (Å²) in [4.78, 5) is 12.2. The number of furan rings is 1. The summed E-state index contributed by atoms with van der Waals surface area (Å²) in [5, 5.41) is 19.9. The highest BCUT2D eigenvalue weighted by Crippen LogP contribution is 2.35. The fourth-order valence-corrected chi connectivity index (χ4v) is 2.62. The molecule has 0 unspecified atom stereocenters. The SMILES string of the molecule is CC(C)(C)OC(=O)c1ccc(-c2cc(C#N)cc3oc(F)cc23)cc1O. The molecule has 0 aliphatic heterocycles. The van der Waals surface area contributed by atoms with Gasteiger partial charge in [0.05, 0.1) is 11.6 Å². The highest BCUT2D eigenvalue weighted by atomic mass is 19.1. The van der Waals surface area contributed by atoms with Gasteiger partial charge in [0.1, 0.15) is 22.5 Å². The molecule has 0 aliphatic rings. The van der Waals surface area contributed by atoms with Gasteiger partial charge in [0.25, 0.3) is 6.01 Å². The van der Waals surface area contributed by atoms with Crippen molar-refractivity contribution in [2.75, 3.05) is 0 Å². The summed E-state index contributed by atoms with van der Waals surface area (Å²) in [7, 11) is 0. The van der Waals surface area contributed by atoms with Crippen LogP contribution in [0.2, 0.25) is 0 Å². The van der Waals surface area contributed by atoms with E-state index in [1.54, 1.807) is 32.9 Å². The van der Waals surface area contributed by atoms with Crippen LogP contribution in [-0.4, -0.2) is 16.7 Å². The van der Waals surface area contributed by atoms with Gasteiger partial charge in [-0.3, -0.25) is 0 Å². The Balaban J connectivity index is 2.09. The maximum atomic E-state index is 13.5. The third-order valence-corrected chi connectivity index (χ3v) is 3.66. The van der Waals surface area contributed by atoms with Gasteiger partial charge in [0, 0.05) is 11.5 Å². The van der Waals surface area contributed by atoms with E-state index in [1.165, 1.54) is 24.3 Å². The molecule has 3 rings (SSSR count). The number of aromatic hydroxyl groups is 1. The van der Waals surface area contributed by atoms with Crippen molar-refractivity contribution in [3.05, 3.63) is 53.5 Å². The van der Waals surface area contributed by atoms with Crippen LogP contribution >= 0.6 is 0 Å². The van der Waals surface area contributed by atoms with E-state index in [-0.39, 0.29) is 22.5 Å². The summed E-state index contributed by atoms with van der Waals surface area (Å²) >= 11 is 0. The molecule has 5 nitrogen and oxygen atoms in total. The Bertz CT molecular complexity index is 1050. The molecule has 0 saturated carbocycles. The van der Waals surface area contributed by atoms with Crippen LogP contribution in [0.4, 0.5) is 4.39 Å². The van der Waals surface area contributed by atoms with Gasteiger partial charge < -0.3 is 14.3 Å². The summed E-state index contributed by atoms with van der Waals surface area (Å²) in [6.45, 7) is 5.19. The molecule has 0 fully saturated rings. The molecule has 1 N–H and O–H groups in total. The predicted octanol–water partition coefficient (Wildman–Crippen LogP) is 4.77. The largest absolute Gasteiger partial charge is 0.507 e. The van der Waals surface area contributed by atoms with Crippen LogP contribution in [0, 0.1) is 17.3 Å². The van der Waals surface area contributed by atoms with E-state index in [9.17, 15) is 14.3 Å². The first-order valence-corrected chi connectivity index (χ1v) is 7.88. The minimum absolute atomic E-state index is 0.0229. The molecular formula is C20H16FNO4. The predicted molar refractivity (Wildman–Crippen MR) is 93.2 cm³/mol. The Morgan fingerprint density at radius 1 is 1.23 bits per heavy atom. The monoisotopic (exact) mass is 353 g/mol. The van der Waals surface area contributed by atoms with Crippen molar-refractivity contribution in [3.8, 4) is 22.9 Å². The van der Waals surface area contributed by atoms with Gasteiger partial charge in [-0.25, -0.2) is 4.79 Å². The number of hydrogen-bond acceptors (Lipinski definition) is 5. The van der Waals surface area contributed by atoms with Crippen molar-refractivity contribution in [2.24, 2.45) is 0 Å². The molecule has 0 spiro atoms. The zero-order chi connectivity index (χ0) is 19.1. The van der Waals surface area contributed by atoms with Crippen LogP contribution in [0.1, 0.15) is 36.7 Å². The Labute approximate surface area is 149 Å². The van der Waals surface area contributed by atoms with E-state index < -0.39 is 17.6 Å². The highest BCUT2D eigenvalue weighted by molar-refractivity contribution is 5.98. The van der Waals surface area contributed by atoms with E-state index in [4.69, 9.17) is 14.4 Å². The van der Waals surface area contributed by atoms with Crippen LogP contribution in [0.25, 0.3) is 22.1 Å². The average Bonchev–Trinajstić information content (AvgIpc) is 2.91. The first-order chi connectivity index (χ1) is 12.2. The van der Waals surface area contributed by atoms with Crippen molar-refractivity contribution in [1.29, 1.82) is 5.26 Å². The zero-order valence-corrected chi connectivity index (χ0v) is 14.5. The molecule has 3 aromatic rings. The second-order valence-electron chi connectivity index (χ2n) is 6.83. The summed E-state index contributed by atoms with van der Waals surface area (Å²) in [6.07, 6.45) is 0. The molecule has 26 heavy (non-hydrogen) atoms. The van der Waals surface area contributed by atoms with Gasteiger partial charge in [0.15, 0.2) is 0 Å². The number of halogens is 1. The summed E-state index contributed by atoms with van der Waals surface area (Å²) in [5.74, 6) is -0.914. The maximum absolute atomic E-state index is 13.5. The third kappa shape index (κ3) is 3.38. The maximum Gasteiger partial charge on any atom is 0.342 e. The van der Waals surface area contributed by atoms with Crippen molar-refractivity contribution >= 4 is 16.9 Å². The number of ether oxygens (including phenoxy) is 1. The average molecular weight is 353 g/mol. The summed E-state index contributed by atoms with van der Waals surface area (Å²) in [5.41, 5.74) is 0.874. The minimum atomic E-state index is -0.772. The van der Waals surface area contributed by atoms with E-state index in [1.807, 2.05) is 6.07 Å².